The standard InChI is InChI=1S/C12H25NO2S/c1-4-16(14,15)8-6-10-9-12(2,3)7-5-11(10)13/h10-11H,4-9,13H2,1-3H3. The third-order valence-electron chi connectivity index (χ3n) is 3.81. The molecular formula is C12H25NO2S. The van der Waals surface area contributed by atoms with Gasteiger partial charge in [0.25, 0.3) is 0 Å². The largest absolute Gasteiger partial charge is 0.327 e. The van der Waals surface area contributed by atoms with Crippen LogP contribution in [0, 0.1) is 11.3 Å². The van der Waals surface area contributed by atoms with Crippen molar-refractivity contribution in [3.8, 4) is 0 Å². The van der Waals surface area contributed by atoms with Crippen LogP contribution >= 0.6 is 0 Å². The van der Waals surface area contributed by atoms with Crippen LogP contribution in [0.2, 0.25) is 0 Å². The Morgan fingerprint density at radius 1 is 1.38 bits per heavy atom. The fourth-order valence-electron chi connectivity index (χ4n) is 2.55. The SMILES string of the molecule is CCS(=O)(=O)CCC1CC(C)(C)CCC1N. The van der Waals surface area contributed by atoms with Gasteiger partial charge in [0.15, 0.2) is 0 Å². The van der Waals surface area contributed by atoms with Gasteiger partial charge in [-0.3, -0.25) is 0 Å². The van der Waals surface area contributed by atoms with Crippen molar-refractivity contribution in [1.29, 1.82) is 0 Å². The van der Waals surface area contributed by atoms with Gasteiger partial charge in [-0.25, -0.2) is 8.42 Å². The smallest absolute Gasteiger partial charge is 0.150 e. The van der Waals surface area contributed by atoms with Crippen LogP contribution in [0.15, 0.2) is 0 Å². The zero-order chi connectivity index (χ0) is 12.4. The fraction of sp³-hybridized carbons (Fsp3) is 1.00. The van der Waals surface area contributed by atoms with E-state index in [1.807, 2.05) is 0 Å². The van der Waals surface area contributed by atoms with Crippen LogP contribution in [0.3, 0.4) is 0 Å². The Morgan fingerprint density at radius 2 is 2.00 bits per heavy atom. The summed E-state index contributed by atoms with van der Waals surface area (Å²) in [5, 5.41) is 0. The van der Waals surface area contributed by atoms with E-state index < -0.39 is 9.84 Å². The Bertz CT molecular complexity index is 322. The molecule has 4 heteroatoms. The molecule has 0 heterocycles. The zero-order valence-corrected chi connectivity index (χ0v) is 11.5. The summed E-state index contributed by atoms with van der Waals surface area (Å²) in [6.45, 7) is 6.21. The Kier molecular flexibility index (Phi) is 4.41. The highest BCUT2D eigenvalue weighted by atomic mass is 32.2. The molecule has 2 N–H and O–H groups in total. The van der Waals surface area contributed by atoms with Crippen LogP contribution in [-0.4, -0.2) is 26.0 Å². The molecule has 0 saturated heterocycles. The van der Waals surface area contributed by atoms with Gasteiger partial charge in [-0.1, -0.05) is 20.8 Å². The molecule has 0 aromatic heterocycles. The highest BCUT2D eigenvalue weighted by Gasteiger charge is 2.33. The fourth-order valence-corrected chi connectivity index (χ4v) is 3.50. The van der Waals surface area contributed by atoms with Crippen molar-refractivity contribution in [3.63, 3.8) is 0 Å². The third kappa shape index (κ3) is 4.06. The van der Waals surface area contributed by atoms with Gasteiger partial charge >= 0.3 is 0 Å². The van der Waals surface area contributed by atoms with Crippen LogP contribution in [-0.2, 0) is 9.84 Å². The number of hydrogen-bond acceptors (Lipinski definition) is 3. The van der Waals surface area contributed by atoms with E-state index in [1.165, 1.54) is 0 Å². The van der Waals surface area contributed by atoms with Crippen LogP contribution in [0.4, 0.5) is 0 Å². The van der Waals surface area contributed by atoms with Crippen LogP contribution in [0.1, 0.15) is 46.5 Å². The minimum Gasteiger partial charge on any atom is -0.327 e. The Labute approximate surface area is 99.7 Å². The average molecular weight is 247 g/mol. The third-order valence-corrected chi connectivity index (χ3v) is 5.55. The first-order chi connectivity index (χ1) is 7.26. The number of sulfone groups is 1. The van der Waals surface area contributed by atoms with Gasteiger partial charge in [-0.05, 0) is 37.0 Å². The van der Waals surface area contributed by atoms with Crippen LogP contribution in [0.5, 0.6) is 0 Å². The maximum atomic E-state index is 11.5. The summed E-state index contributed by atoms with van der Waals surface area (Å²) in [7, 11) is -2.84. The lowest BCUT2D eigenvalue weighted by molar-refractivity contribution is 0.155. The number of hydrogen-bond donors (Lipinski definition) is 1. The molecule has 96 valence electrons. The summed E-state index contributed by atoms with van der Waals surface area (Å²) >= 11 is 0. The van der Waals surface area contributed by atoms with E-state index in [2.05, 4.69) is 13.8 Å². The number of rotatable bonds is 4. The molecule has 16 heavy (non-hydrogen) atoms. The van der Waals surface area contributed by atoms with Gasteiger partial charge < -0.3 is 5.73 Å². The molecule has 1 aliphatic carbocycles. The van der Waals surface area contributed by atoms with E-state index >= 15 is 0 Å². The minimum absolute atomic E-state index is 0.195. The molecule has 0 amide bonds. The van der Waals surface area contributed by atoms with Gasteiger partial charge in [-0.2, -0.15) is 0 Å². The van der Waals surface area contributed by atoms with E-state index in [1.54, 1.807) is 6.92 Å². The molecule has 1 saturated carbocycles. The lowest BCUT2D eigenvalue weighted by atomic mass is 9.69. The van der Waals surface area contributed by atoms with E-state index in [0.717, 1.165) is 25.7 Å². The first-order valence-corrected chi connectivity index (χ1v) is 8.04. The maximum absolute atomic E-state index is 11.5. The lowest BCUT2D eigenvalue weighted by Gasteiger charge is -2.39. The molecule has 1 aliphatic rings. The highest BCUT2D eigenvalue weighted by Crippen LogP contribution is 2.39. The normalized spacial score (nSPS) is 30.2. The Morgan fingerprint density at radius 3 is 2.56 bits per heavy atom. The quantitative estimate of drug-likeness (QED) is 0.826. The molecule has 0 aromatic carbocycles. The predicted octanol–water partition coefficient (Wildman–Crippen LogP) is 1.96. The molecule has 0 bridgehead atoms. The van der Waals surface area contributed by atoms with Gasteiger partial charge in [0.1, 0.15) is 9.84 Å². The molecule has 2 atom stereocenters. The summed E-state index contributed by atoms with van der Waals surface area (Å²) in [6, 6.07) is 0.195. The Hall–Kier alpha value is -0.0900. The molecule has 2 unspecified atom stereocenters. The molecule has 1 rings (SSSR count). The summed E-state index contributed by atoms with van der Waals surface area (Å²) in [5.74, 6) is 0.932. The van der Waals surface area contributed by atoms with Crippen molar-refractivity contribution >= 4 is 9.84 Å². The van der Waals surface area contributed by atoms with Gasteiger partial charge in [-0.15, -0.1) is 0 Å². The zero-order valence-electron chi connectivity index (χ0n) is 10.7. The second-order valence-corrected chi connectivity index (χ2v) is 8.33. The molecule has 0 aliphatic heterocycles. The van der Waals surface area contributed by atoms with Crippen molar-refractivity contribution in [2.75, 3.05) is 11.5 Å². The summed E-state index contributed by atoms with van der Waals surface area (Å²) in [5.41, 5.74) is 6.41. The molecule has 0 radical (unpaired) electrons. The lowest BCUT2D eigenvalue weighted by Crippen LogP contribution is -2.40. The van der Waals surface area contributed by atoms with E-state index in [0.29, 0.717) is 17.1 Å². The van der Waals surface area contributed by atoms with Crippen molar-refractivity contribution in [2.45, 2.75) is 52.5 Å². The second-order valence-electron chi connectivity index (χ2n) is 5.86. The van der Waals surface area contributed by atoms with Gasteiger partial charge in [0.2, 0.25) is 0 Å². The van der Waals surface area contributed by atoms with Crippen molar-refractivity contribution in [1.82, 2.24) is 0 Å². The molecule has 0 spiro atoms. The predicted molar refractivity (Wildman–Crippen MR) is 68.0 cm³/mol. The highest BCUT2D eigenvalue weighted by molar-refractivity contribution is 7.91. The first-order valence-electron chi connectivity index (χ1n) is 6.22. The molecule has 3 nitrogen and oxygen atoms in total. The van der Waals surface area contributed by atoms with E-state index in [-0.39, 0.29) is 11.8 Å². The minimum atomic E-state index is -2.84. The van der Waals surface area contributed by atoms with Gasteiger partial charge in [0, 0.05) is 11.8 Å². The summed E-state index contributed by atoms with van der Waals surface area (Å²) in [6.07, 6.45) is 3.99. The van der Waals surface area contributed by atoms with E-state index in [4.69, 9.17) is 5.73 Å². The van der Waals surface area contributed by atoms with Gasteiger partial charge in [0.05, 0.1) is 5.75 Å². The van der Waals surface area contributed by atoms with Crippen LogP contribution in [0.25, 0.3) is 0 Å². The molecule has 1 fully saturated rings. The average Bonchev–Trinajstić information content (AvgIpc) is 2.20. The maximum Gasteiger partial charge on any atom is 0.150 e. The number of nitrogens with two attached hydrogens (primary N) is 1. The van der Waals surface area contributed by atoms with Crippen LogP contribution < -0.4 is 5.73 Å². The molecular weight excluding hydrogens is 222 g/mol. The van der Waals surface area contributed by atoms with Crippen molar-refractivity contribution in [2.24, 2.45) is 17.1 Å². The Balaban J connectivity index is 2.52. The molecule has 0 aromatic rings. The van der Waals surface area contributed by atoms with E-state index in [9.17, 15) is 8.42 Å². The van der Waals surface area contributed by atoms with Crippen molar-refractivity contribution < 1.29 is 8.42 Å². The topological polar surface area (TPSA) is 60.2 Å². The summed E-state index contributed by atoms with van der Waals surface area (Å²) in [4.78, 5) is 0. The monoisotopic (exact) mass is 247 g/mol. The second kappa shape index (κ2) is 5.05. The summed E-state index contributed by atoms with van der Waals surface area (Å²) < 4.78 is 22.9. The van der Waals surface area contributed by atoms with Crippen molar-refractivity contribution in [3.05, 3.63) is 0 Å². The first kappa shape index (κ1) is 14.0.